The molecule has 0 radical (unpaired) electrons. The molecule has 0 aromatic carbocycles. The normalized spacial score (nSPS) is 16.8. The topological polar surface area (TPSA) is 82.7 Å². The maximum absolute atomic E-state index is 13.1. The van der Waals surface area contributed by atoms with E-state index < -0.39 is 24.2 Å². The number of aromatic nitrogens is 2. The molecule has 126 valence electrons. The first-order valence-electron chi connectivity index (χ1n) is 7.45. The first-order valence-corrected chi connectivity index (χ1v) is 7.45. The zero-order chi connectivity index (χ0) is 16.9. The van der Waals surface area contributed by atoms with Crippen LogP contribution in [-0.2, 0) is 6.54 Å². The minimum absolute atomic E-state index is 0.146. The number of alkyl halides is 3. The lowest BCUT2D eigenvalue weighted by molar-refractivity contribution is -0.164. The van der Waals surface area contributed by atoms with Gasteiger partial charge in [-0.1, -0.05) is 12.8 Å². The first kappa shape index (κ1) is 17.1. The number of hydrogen-bond acceptors (Lipinski definition) is 3. The summed E-state index contributed by atoms with van der Waals surface area (Å²) in [4.78, 5) is 11.8. The van der Waals surface area contributed by atoms with Crippen LogP contribution in [0.5, 0.6) is 0 Å². The molecule has 0 saturated heterocycles. The lowest BCUT2D eigenvalue weighted by Gasteiger charge is -2.26. The predicted molar refractivity (Wildman–Crippen MR) is 76.4 cm³/mol. The lowest BCUT2D eigenvalue weighted by Crippen LogP contribution is -2.50. The number of hydrogen-bond donors (Lipinski definition) is 2. The summed E-state index contributed by atoms with van der Waals surface area (Å²) < 4.78 is 40.8. The Balaban J connectivity index is 1.93. The van der Waals surface area contributed by atoms with Gasteiger partial charge in [-0.05, 0) is 18.8 Å². The fraction of sp³-hybridized carbons (Fsp3) is 0.643. The van der Waals surface area contributed by atoms with E-state index in [-0.39, 0.29) is 12.2 Å². The number of nitriles is 1. The summed E-state index contributed by atoms with van der Waals surface area (Å²) in [5.41, 5.74) is 0. The Bertz CT molecular complexity index is 572. The van der Waals surface area contributed by atoms with Crippen molar-refractivity contribution in [2.75, 3.05) is 5.32 Å². The molecule has 1 aliphatic carbocycles. The van der Waals surface area contributed by atoms with Crippen molar-refractivity contribution in [1.82, 2.24) is 15.1 Å². The fourth-order valence-corrected chi connectivity index (χ4v) is 2.77. The lowest BCUT2D eigenvalue weighted by atomic mass is 9.98. The summed E-state index contributed by atoms with van der Waals surface area (Å²) in [7, 11) is 0. The number of urea groups is 1. The Hall–Kier alpha value is -2.24. The maximum Gasteiger partial charge on any atom is 0.408 e. The first-order chi connectivity index (χ1) is 10.9. The number of anilines is 1. The van der Waals surface area contributed by atoms with Crippen molar-refractivity contribution >= 4 is 11.8 Å². The monoisotopic (exact) mass is 329 g/mol. The van der Waals surface area contributed by atoms with Gasteiger partial charge >= 0.3 is 12.2 Å². The van der Waals surface area contributed by atoms with Crippen molar-refractivity contribution < 1.29 is 18.0 Å². The number of nitrogens with zero attached hydrogens (tertiary/aromatic N) is 3. The minimum atomic E-state index is -4.47. The van der Waals surface area contributed by atoms with E-state index in [1.54, 1.807) is 6.20 Å². The number of carbonyl (C=O) groups is 1. The molecule has 9 heteroatoms. The number of carbonyl (C=O) groups excluding carboxylic acids is 1. The van der Waals surface area contributed by atoms with Gasteiger partial charge in [0.05, 0.1) is 19.0 Å². The van der Waals surface area contributed by atoms with Crippen LogP contribution in [0.1, 0.15) is 32.1 Å². The highest BCUT2D eigenvalue weighted by molar-refractivity contribution is 5.88. The van der Waals surface area contributed by atoms with Crippen LogP contribution in [0.15, 0.2) is 12.3 Å². The maximum atomic E-state index is 13.1. The van der Waals surface area contributed by atoms with E-state index in [1.165, 1.54) is 10.7 Å². The van der Waals surface area contributed by atoms with Gasteiger partial charge in [0.1, 0.15) is 6.04 Å². The van der Waals surface area contributed by atoms with Crippen molar-refractivity contribution in [2.24, 2.45) is 5.92 Å². The average Bonchev–Trinajstić information content (AvgIpc) is 3.13. The third-order valence-corrected chi connectivity index (χ3v) is 3.85. The van der Waals surface area contributed by atoms with Gasteiger partial charge in [0.25, 0.3) is 0 Å². The molecule has 0 bridgehead atoms. The molecule has 0 spiro atoms. The predicted octanol–water partition coefficient (Wildman–Crippen LogP) is 3.04. The number of nitrogens with one attached hydrogen (secondary N) is 2. The third-order valence-electron chi connectivity index (χ3n) is 3.85. The van der Waals surface area contributed by atoms with E-state index >= 15 is 0 Å². The summed E-state index contributed by atoms with van der Waals surface area (Å²) in [5.74, 6) is -0.429. The fourth-order valence-electron chi connectivity index (χ4n) is 2.77. The van der Waals surface area contributed by atoms with E-state index in [2.05, 4.69) is 10.4 Å². The second kappa shape index (κ2) is 7.35. The molecule has 2 rings (SSSR count). The highest BCUT2D eigenvalue weighted by Crippen LogP contribution is 2.35. The number of aryl methyl sites for hydroxylation is 1. The zero-order valence-electron chi connectivity index (χ0n) is 12.4. The molecule has 1 heterocycles. The van der Waals surface area contributed by atoms with Gasteiger partial charge in [-0.3, -0.25) is 10.00 Å². The smallest absolute Gasteiger partial charge is 0.326 e. The quantitative estimate of drug-likeness (QED) is 0.871. The number of halogens is 3. The Kier molecular flexibility index (Phi) is 5.47. The Morgan fingerprint density at radius 2 is 2.17 bits per heavy atom. The van der Waals surface area contributed by atoms with Gasteiger partial charge in [0.2, 0.25) is 0 Å². The van der Waals surface area contributed by atoms with Crippen molar-refractivity contribution in [2.45, 2.75) is 50.9 Å². The van der Waals surface area contributed by atoms with Crippen molar-refractivity contribution in [3.05, 3.63) is 12.3 Å². The molecule has 6 nitrogen and oxygen atoms in total. The number of rotatable bonds is 5. The van der Waals surface area contributed by atoms with Crippen LogP contribution in [0.4, 0.5) is 23.8 Å². The number of amides is 2. The van der Waals surface area contributed by atoms with E-state index in [0.717, 1.165) is 12.8 Å². The zero-order valence-corrected chi connectivity index (χ0v) is 12.4. The summed E-state index contributed by atoms with van der Waals surface area (Å²) in [6.45, 7) is 0.354. The molecule has 1 aromatic rings. The van der Waals surface area contributed by atoms with Crippen LogP contribution in [0.3, 0.4) is 0 Å². The molecule has 23 heavy (non-hydrogen) atoms. The van der Waals surface area contributed by atoms with E-state index in [0.29, 0.717) is 19.4 Å². The molecule has 0 aliphatic heterocycles. The molecule has 0 unspecified atom stereocenters. The van der Waals surface area contributed by atoms with Crippen LogP contribution in [0, 0.1) is 17.2 Å². The molecule has 1 aliphatic rings. The molecule has 1 saturated carbocycles. The molecule has 1 aromatic heterocycles. The van der Waals surface area contributed by atoms with Crippen molar-refractivity contribution in [3.63, 3.8) is 0 Å². The highest BCUT2D eigenvalue weighted by atomic mass is 19.4. The van der Waals surface area contributed by atoms with Crippen LogP contribution < -0.4 is 10.6 Å². The second-order valence-corrected chi connectivity index (χ2v) is 5.53. The Morgan fingerprint density at radius 1 is 1.48 bits per heavy atom. The largest absolute Gasteiger partial charge is 0.408 e. The average molecular weight is 329 g/mol. The standard InChI is InChI=1S/C14H18F3N5O/c15-14(16,17)12(10-4-1-2-5-10)20-13(23)19-11-6-9-22(21-11)8-3-7-18/h6,9-10,12H,1-5,8H2,(H2,19,20,21,23)/t12-/m1/s1. The van der Waals surface area contributed by atoms with Gasteiger partial charge in [-0.2, -0.15) is 23.5 Å². The molecular weight excluding hydrogens is 311 g/mol. The molecule has 2 N–H and O–H groups in total. The van der Waals surface area contributed by atoms with Gasteiger partial charge in [-0.25, -0.2) is 4.79 Å². The van der Waals surface area contributed by atoms with E-state index in [9.17, 15) is 18.0 Å². The summed E-state index contributed by atoms with van der Waals surface area (Å²) in [5, 5.41) is 16.8. The Labute approximate surface area is 131 Å². The SMILES string of the molecule is N#CCCn1ccc(NC(=O)N[C@H](C2CCCC2)C(F)(F)F)n1. The van der Waals surface area contributed by atoms with E-state index in [4.69, 9.17) is 5.26 Å². The van der Waals surface area contributed by atoms with Gasteiger partial charge in [0, 0.05) is 12.3 Å². The second-order valence-electron chi connectivity index (χ2n) is 5.53. The van der Waals surface area contributed by atoms with Crippen molar-refractivity contribution in [3.8, 4) is 6.07 Å². The third kappa shape index (κ3) is 4.87. The molecule has 1 fully saturated rings. The van der Waals surface area contributed by atoms with Crippen LogP contribution in [0.2, 0.25) is 0 Å². The summed E-state index contributed by atoms with van der Waals surface area (Å²) in [6, 6.07) is 0.654. The molecular formula is C14H18F3N5O. The molecule has 1 atom stereocenters. The van der Waals surface area contributed by atoms with Gasteiger partial charge < -0.3 is 5.32 Å². The summed E-state index contributed by atoms with van der Waals surface area (Å²) in [6.07, 6.45) is -0.233. The summed E-state index contributed by atoms with van der Waals surface area (Å²) >= 11 is 0. The van der Waals surface area contributed by atoms with Crippen LogP contribution in [0.25, 0.3) is 0 Å². The minimum Gasteiger partial charge on any atom is -0.326 e. The molecule has 2 amide bonds. The van der Waals surface area contributed by atoms with Gasteiger partial charge in [0.15, 0.2) is 5.82 Å². The van der Waals surface area contributed by atoms with Crippen molar-refractivity contribution in [1.29, 1.82) is 5.26 Å². The highest BCUT2D eigenvalue weighted by Gasteiger charge is 2.46. The van der Waals surface area contributed by atoms with E-state index in [1.807, 2.05) is 11.4 Å². The van der Waals surface area contributed by atoms with Crippen LogP contribution in [-0.4, -0.2) is 28.0 Å². The van der Waals surface area contributed by atoms with Gasteiger partial charge in [-0.15, -0.1) is 0 Å². The Morgan fingerprint density at radius 3 is 2.78 bits per heavy atom. The van der Waals surface area contributed by atoms with Crippen LogP contribution >= 0.6 is 0 Å².